The summed E-state index contributed by atoms with van der Waals surface area (Å²) >= 11 is 0. The first-order valence-corrected chi connectivity index (χ1v) is 13.5. The third-order valence-corrected chi connectivity index (χ3v) is 7.90. The van der Waals surface area contributed by atoms with Gasteiger partial charge < -0.3 is 4.74 Å². The van der Waals surface area contributed by atoms with Crippen LogP contribution in [0.3, 0.4) is 0 Å². The number of hydrogen-bond donors (Lipinski definition) is 1. The molecule has 0 aliphatic rings. The molecule has 1 amide bonds. The molecule has 0 atom stereocenters. The van der Waals surface area contributed by atoms with E-state index in [0.717, 1.165) is 26.7 Å². The highest BCUT2D eigenvalue weighted by Crippen LogP contribution is 2.33. The number of amides is 1. The van der Waals surface area contributed by atoms with Gasteiger partial charge in [0.25, 0.3) is 15.9 Å². The SMILES string of the molecule is COc1ccc(C)cc1N(CC(=O)N/N=C(/C)CC(C)(C)c1ccccc1)S(=O)(=O)c1ccc(C)cc1. The number of anilines is 1. The minimum Gasteiger partial charge on any atom is -0.495 e. The van der Waals surface area contributed by atoms with E-state index in [-0.39, 0.29) is 16.0 Å². The second kappa shape index (κ2) is 11.6. The van der Waals surface area contributed by atoms with Gasteiger partial charge in [0.1, 0.15) is 12.3 Å². The summed E-state index contributed by atoms with van der Waals surface area (Å²) in [5.41, 5.74) is 6.29. The molecule has 0 aromatic heterocycles. The molecule has 0 spiro atoms. The van der Waals surface area contributed by atoms with Crippen molar-refractivity contribution in [2.75, 3.05) is 18.0 Å². The van der Waals surface area contributed by atoms with Crippen LogP contribution >= 0.6 is 0 Å². The summed E-state index contributed by atoms with van der Waals surface area (Å²) in [6.07, 6.45) is 0.619. The molecule has 196 valence electrons. The fourth-order valence-electron chi connectivity index (χ4n) is 4.13. The van der Waals surface area contributed by atoms with Crippen molar-refractivity contribution < 1.29 is 17.9 Å². The van der Waals surface area contributed by atoms with Crippen LogP contribution in [0.25, 0.3) is 0 Å². The predicted molar refractivity (Wildman–Crippen MR) is 149 cm³/mol. The summed E-state index contributed by atoms with van der Waals surface area (Å²) in [5.74, 6) is -0.213. The van der Waals surface area contributed by atoms with E-state index in [0.29, 0.717) is 12.2 Å². The molecule has 0 fully saturated rings. The summed E-state index contributed by atoms with van der Waals surface area (Å²) in [7, 11) is -2.61. The maximum atomic E-state index is 13.7. The number of benzene rings is 3. The van der Waals surface area contributed by atoms with E-state index in [2.05, 4.69) is 36.5 Å². The standard InChI is InChI=1S/C29H35N3O4S/c1-21-12-15-25(16-13-21)37(34,35)32(26-18-22(2)14-17-27(26)36-6)20-28(33)31-30-23(3)19-29(4,5)24-10-8-7-9-11-24/h7-18H,19-20H2,1-6H3,(H,31,33)/b30-23-. The van der Waals surface area contributed by atoms with Gasteiger partial charge in [0.05, 0.1) is 17.7 Å². The first-order chi connectivity index (χ1) is 17.4. The van der Waals surface area contributed by atoms with Gasteiger partial charge in [-0.25, -0.2) is 13.8 Å². The van der Waals surface area contributed by atoms with Gasteiger partial charge in [-0.1, -0.05) is 67.9 Å². The molecule has 0 heterocycles. The molecular formula is C29H35N3O4S. The maximum Gasteiger partial charge on any atom is 0.264 e. The summed E-state index contributed by atoms with van der Waals surface area (Å²) in [5, 5.41) is 4.27. The van der Waals surface area contributed by atoms with Crippen LogP contribution in [0.4, 0.5) is 5.69 Å². The van der Waals surface area contributed by atoms with Gasteiger partial charge in [-0.05, 0) is 68.0 Å². The zero-order valence-corrected chi connectivity index (χ0v) is 23.1. The first kappa shape index (κ1) is 27.9. The van der Waals surface area contributed by atoms with Crippen LogP contribution in [0.5, 0.6) is 5.75 Å². The van der Waals surface area contributed by atoms with Crippen molar-refractivity contribution in [3.8, 4) is 5.75 Å². The van der Waals surface area contributed by atoms with Gasteiger partial charge in [0.15, 0.2) is 0 Å². The van der Waals surface area contributed by atoms with E-state index in [1.54, 1.807) is 24.3 Å². The number of carbonyl (C=O) groups excluding carboxylic acids is 1. The molecule has 8 heteroatoms. The van der Waals surface area contributed by atoms with E-state index in [9.17, 15) is 13.2 Å². The summed E-state index contributed by atoms with van der Waals surface area (Å²) in [6, 6.07) is 21.8. The number of hydrogen-bond acceptors (Lipinski definition) is 5. The fourth-order valence-corrected chi connectivity index (χ4v) is 5.55. The number of nitrogens with one attached hydrogen (secondary N) is 1. The molecule has 0 bridgehead atoms. The van der Waals surface area contributed by atoms with Crippen molar-refractivity contribution in [3.05, 3.63) is 89.5 Å². The number of sulfonamides is 1. The highest BCUT2D eigenvalue weighted by molar-refractivity contribution is 7.92. The number of aryl methyl sites for hydroxylation is 2. The van der Waals surface area contributed by atoms with Crippen LogP contribution in [0.15, 0.2) is 82.8 Å². The Bertz CT molecular complexity index is 1370. The summed E-state index contributed by atoms with van der Waals surface area (Å²) in [6.45, 7) is 9.34. The molecule has 0 radical (unpaired) electrons. The predicted octanol–water partition coefficient (Wildman–Crippen LogP) is 5.37. The van der Waals surface area contributed by atoms with E-state index in [4.69, 9.17) is 4.74 Å². The van der Waals surface area contributed by atoms with Crippen LogP contribution in [0.2, 0.25) is 0 Å². The van der Waals surface area contributed by atoms with Crippen molar-refractivity contribution >= 4 is 27.3 Å². The molecule has 3 aromatic rings. The molecule has 0 saturated carbocycles. The minimum absolute atomic E-state index is 0.0822. The third-order valence-electron chi connectivity index (χ3n) is 6.12. The largest absolute Gasteiger partial charge is 0.495 e. The maximum absolute atomic E-state index is 13.7. The molecule has 1 N–H and O–H groups in total. The summed E-state index contributed by atoms with van der Waals surface area (Å²) in [4.78, 5) is 13.1. The smallest absolute Gasteiger partial charge is 0.264 e. The first-order valence-electron chi connectivity index (χ1n) is 12.1. The van der Waals surface area contributed by atoms with Crippen LogP contribution in [0.1, 0.15) is 43.9 Å². The van der Waals surface area contributed by atoms with Crippen LogP contribution in [0, 0.1) is 13.8 Å². The van der Waals surface area contributed by atoms with E-state index in [1.807, 2.05) is 45.0 Å². The number of carbonyl (C=O) groups is 1. The molecule has 3 aromatic carbocycles. The molecule has 3 rings (SSSR count). The zero-order chi connectivity index (χ0) is 27.2. The van der Waals surface area contributed by atoms with Gasteiger partial charge in [-0.2, -0.15) is 5.10 Å². The number of ether oxygens (including phenoxy) is 1. The third kappa shape index (κ3) is 6.98. The second-order valence-corrected chi connectivity index (χ2v) is 11.7. The molecule has 0 unspecified atom stereocenters. The van der Waals surface area contributed by atoms with Crippen LogP contribution < -0.4 is 14.5 Å². The molecule has 7 nitrogen and oxygen atoms in total. The van der Waals surface area contributed by atoms with Crippen molar-refractivity contribution in [3.63, 3.8) is 0 Å². The van der Waals surface area contributed by atoms with Gasteiger partial charge in [0, 0.05) is 5.71 Å². The molecule has 37 heavy (non-hydrogen) atoms. The van der Waals surface area contributed by atoms with Crippen LogP contribution in [-0.2, 0) is 20.2 Å². The molecule has 0 saturated heterocycles. The van der Waals surface area contributed by atoms with E-state index >= 15 is 0 Å². The lowest BCUT2D eigenvalue weighted by atomic mass is 9.80. The normalized spacial score (nSPS) is 12.2. The Morgan fingerprint density at radius 2 is 1.59 bits per heavy atom. The average Bonchev–Trinajstić information content (AvgIpc) is 2.86. The molecular weight excluding hydrogens is 486 g/mol. The topological polar surface area (TPSA) is 88.1 Å². The van der Waals surface area contributed by atoms with Gasteiger partial charge in [-0.3, -0.25) is 9.10 Å². The molecule has 0 aliphatic carbocycles. The Hall–Kier alpha value is -3.65. The number of rotatable bonds is 10. The van der Waals surface area contributed by atoms with Gasteiger partial charge >= 0.3 is 0 Å². The van der Waals surface area contributed by atoms with Crippen molar-refractivity contribution in [1.82, 2.24) is 5.43 Å². The van der Waals surface area contributed by atoms with Gasteiger partial charge in [-0.15, -0.1) is 0 Å². The van der Waals surface area contributed by atoms with E-state index in [1.165, 1.54) is 19.2 Å². The Morgan fingerprint density at radius 3 is 2.22 bits per heavy atom. The highest BCUT2D eigenvalue weighted by atomic mass is 32.2. The van der Waals surface area contributed by atoms with Crippen molar-refractivity contribution in [2.24, 2.45) is 5.10 Å². The lowest BCUT2D eigenvalue weighted by molar-refractivity contribution is -0.119. The van der Waals surface area contributed by atoms with Crippen molar-refractivity contribution in [1.29, 1.82) is 0 Å². The number of hydrazone groups is 1. The van der Waals surface area contributed by atoms with Crippen LogP contribution in [-0.4, -0.2) is 33.7 Å². The second-order valence-electron chi connectivity index (χ2n) is 9.81. The van der Waals surface area contributed by atoms with Crippen molar-refractivity contribution in [2.45, 2.75) is 51.3 Å². The average molecular weight is 522 g/mol. The zero-order valence-electron chi connectivity index (χ0n) is 22.3. The highest BCUT2D eigenvalue weighted by Gasteiger charge is 2.30. The summed E-state index contributed by atoms with van der Waals surface area (Å²) < 4.78 is 33.9. The Morgan fingerprint density at radius 1 is 0.973 bits per heavy atom. The Labute approximate surface area is 220 Å². The Kier molecular flexibility index (Phi) is 8.76. The monoisotopic (exact) mass is 521 g/mol. The number of nitrogens with zero attached hydrogens (tertiary/aromatic N) is 2. The minimum atomic E-state index is -4.07. The molecule has 0 aliphatic heterocycles. The van der Waals surface area contributed by atoms with Gasteiger partial charge in [0.2, 0.25) is 0 Å². The fraction of sp³-hybridized carbons (Fsp3) is 0.310. The lowest BCUT2D eigenvalue weighted by Crippen LogP contribution is -2.40. The lowest BCUT2D eigenvalue weighted by Gasteiger charge is -2.26. The van der Waals surface area contributed by atoms with E-state index < -0.39 is 22.5 Å². The Balaban J connectivity index is 1.87. The number of methoxy groups -OCH3 is 1. The quantitative estimate of drug-likeness (QED) is 0.287.